The van der Waals surface area contributed by atoms with E-state index >= 15 is 0 Å². The molecule has 4 aromatic rings. The zero-order chi connectivity index (χ0) is 21.6. The predicted molar refractivity (Wildman–Crippen MR) is 117 cm³/mol. The van der Waals surface area contributed by atoms with Gasteiger partial charge in [-0.2, -0.15) is 5.10 Å². The molecule has 3 N–H and O–H groups in total. The van der Waals surface area contributed by atoms with Gasteiger partial charge >= 0.3 is 0 Å². The smallest absolute Gasteiger partial charge is 0.252 e. The number of nitrogens with one attached hydrogen (secondary N) is 1. The van der Waals surface area contributed by atoms with Crippen LogP contribution in [-0.4, -0.2) is 35.3 Å². The van der Waals surface area contributed by atoms with Crippen molar-refractivity contribution in [1.29, 1.82) is 0 Å². The summed E-state index contributed by atoms with van der Waals surface area (Å²) in [5.41, 5.74) is 8.94. The molecule has 0 unspecified atom stereocenters. The first kappa shape index (κ1) is 19.8. The number of fused-ring (bicyclic) bond motifs is 2. The van der Waals surface area contributed by atoms with Gasteiger partial charge in [0.2, 0.25) is 0 Å². The molecule has 9 heteroatoms. The molecule has 0 radical (unpaired) electrons. The van der Waals surface area contributed by atoms with Crippen LogP contribution < -0.4 is 11.1 Å². The molecule has 1 amide bonds. The van der Waals surface area contributed by atoms with Gasteiger partial charge < -0.3 is 11.1 Å². The number of hydrogen-bond acceptors (Lipinski definition) is 6. The first-order chi connectivity index (χ1) is 14.2. The predicted octanol–water partition coefficient (Wildman–Crippen LogP) is 2.93. The number of hydrogen-bond donors (Lipinski definition) is 2. The summed E-state index contributed by atoms with van der Waals surface area (Å²) in [6.45, 7) is 1.93. The molecule has 0 fully saturated rings. The van der Waals surface area contributed by atoms with Crippen molar-refractivity contribution in [2.45, 2.75) is 18.2 Å². The lowest BCUT2D eigenvalue weighted by atomic mass is 10.0. The molecule has 0 saturated carbocycles. The summed E-state index contributed by atoms with van der Waals surface area (Å²) in [6.07, 6.45) is 4.85. The maximum Gasteiger partial charge on any atom is 0.252 e. The Bertz CT molecular complexity index is 1420. The Labute approximate surface area is 173 Å². The Morgan fingerprint density at radius 2 is 1.97 bits per heavy atom. The number of rotatable bonds is 5. The lowest BCUT2D eigenvalue weighted by Crippen LogP contribution is -2.15. The summed E-state index contributed by atoms with van der Waals surface area (Å²) >= 11 is 0. The summed E-state index contributed by atoms with van der Waals surface area (Å²) in [5, 5.41) is 9.00. The lowest BCUT2D eigenvalue weighted by Gasteiger charge is -2.16. The van der Waals surface area contributed by atoms with Crippen molar-refractivity contribution in [1.82, 2.24) is 14.8 Å². The maximum atomic E-state index is 12.4. The number of primary amides is 1. The Kier molecular flexibility index (Phi) is 4.70. The van der Waals surface area contributed by atoms with Gasteiger partial charge in [0.25, 0.3) is 5.91 Å². The van der Waals surface area contributed by atoms with Crippen LogP contribution in [0.5, 0.6) is 0 Å². The summed E-state index contributed by atoms with van der Waals surface area (Å²) < 4.78 is 26.5. The molecule has 8 nitrogen and oxygen atoms in total. The van der Waals surface area contributed by atoms with E-state index in [0.717, 1.165) is 22.7 Å². The molecular weight excluding hydrogens is 402 g/mol. The van der Waals surface area contributed by atoms with Crippen LogP contribution in [0.15, 0.2) is 47.6 Å². The van der Waals surface area contributed by atoms with Gasteiger partial charge in [0.15, 0.2) is 9.84 Å². The molecule has 0 aliphatic carbocycles. The van der Waals surface area contributed by atoms with Crippen LogP contribution in [0.4, 0.5) is 11.4 Å². The number of aromatic nitrogens is 3. The van der Waals surface area contributed by atoms with Gasteiger partial charge in [-0.3, -0.25) is 14.5 Å². The molecule has 0 spiro atoms. The number of nitrogens with zero attached hydrogens (tertiary/aromatic N) is 3. The number of carbonyl (C=O) groups is 1. The number of sulfone groups is 1. The number of aryl methyl sites for hydroxylation is 2. The Hall–Kier alpha value is -3.46. The Morgan fingerprint density at radius 1 is 1.20 bits per heavy atom. The standard InChI is InChI=1S/C21H21N5O3S/c1-4-12-7-15-19(25-14-6-5-13-10-24-26(2)17(13)9-14)16(21(22)27)11-23-20(15)18(8-12)30(3,28)29/h5-11H,4H2,1-3H3,(H2,22,27)(H,23,25). The minimum atomic E-state index is -3.53. The highest BCUT2D eigenvalue weighted by Gasteiger charge is 2.20. The van der Waals surface area contributed by atoms with Gasteiger partial charge in [0.05, 0.1) is 33.4 Å². The average Bonchev–Trinajstić information content (AvgIpc) is 3.06. The van der Waals surface area contributed by atoms with Crippen LogP contribution >= 0.6 is 0 Å². The fourth-order valence-corrected chi connectivity index (χ4v) is 4.38. The van der Waals surface area contributed by atoms with Crippen molar-refractivity contribution >= 4 is 48.9 Å². The summed E-state index contributed by atoms with van der Waals surface area (Å²) in [7, 11) is -1.69. The molecule has 0 aliphatic rings. The third kappa shape index (κ3) is 3.37. The minimum Gasteiger partial charge on any atom is -0.365 e. The topological polar surface area (TPSA) is 120 Å². The zero-order valence-corrected chi connectivity index (χ0v) is 17.6. The van der Waals surface area contributed by atoms with Crippen LogP contribution in [0.1, 0.15) is 22.8 Å². The highest BCUT2D eigenvalue weighted by Crippen LogP contribution is 2.34. The van der Waals surface area contributed by atoms with Gasteiger partial charge in [-0.25, -0.2) is 8.42 Å². The van der Waals surface area contributed by atoms with E-state index < -0.39 is 15.7 Å². The van der Waals surface area contributed by atoms with E-state index in [4.69, 9.17) is 5.73 Å². The minimum absolute atomic E-state index is 0.123. The van der Waals surface area contributed by atoms with E-state index in [0.29, 0.717) is 28.7 Å². The third-order valence-electron chi connectivity index (χ3n) is 5.09. The molecule has 30 heavy (non-hydrogen) atoms. The van der Waals surface area contributed by atoms with Gasteiger partial charge in [-0.05, 0) is 42.3 Å². The average molecular weight is 423 g/mol. The van der Waals surface area contributed by atoms with Crippen LogP contribution in [0, 0.1) is 0 Å². The number of anilines is 2. The van der Waals surface area contributed by atoms with Gasteiger partial charge in [0, 0.05) is 36.0 Å². The molecule has 0 bridgehead atoms. The van der Waals surface area contributed by atoms with E-state index in [1.165, 1.54) is 6.20 Å². The van der Waals surface area contributed by atoms with Gasteiger partial charge in [-0.15, -0.1) is 0 Å². The van der Waals surface area contributed by atoms with Crippen molar-refractivity contribution in [2.75, 3.05) is 11.6 Å². The van der Waals surface area contributed by atoms with Crippen molar-refractivity contribution in [3.05, 3.63) is 53.9 Å². The summed E-state index contributed by atoms with van der Waals surface area (Å²) in [6, 6.07) is 9.15. The van der Waals surface area contributed by atoms with Crippen molar-refractivity contribution in [3.63, 3.8) is 0 Å². The van der Waals surface area contributed by atoms with Crippen molar-refractivity contribution in [2.24, 2.45) is 12.8 Å². The highest BCUT2D eigenvalue weighted by molar-refractivity contribution is 7.91. The molecule has 154 valence electrons. The van der Waals surface area contributed by atoms with Gasteiger partial charge in [0.1, 0.15) is 0 Å². The summed E-state index contributed by atoms with van der Waals surface area (Å²) in [4.78, 5) is 16.5. The maximum absolute atomic E-state index is 12.4. The van der Waals surface area contributed by atoms with Crippen LogP contribution in [-0.2, 0) is 23.3 Å². The molecule has 4 rings (SSSR count). The van der Waals surface area contributed by atoms with Crippen LogP contribution in [0.3, 0.4) is 0 Å². The monoisotopic (exact) mass is 423 g/mol. The van der Waals surface area contributed by atoms with Crippen molar-refractivity contribution < 1.29 is 13.2 Å². The third-order valence-corrected chi connectivity index (χ3v) is 6.20. The number of benzene rings is 2. The number of amides is 1. The lowest BCUT2D eigenvalue weighted by molar-refractivity contribution is 0.100. The molecular formula is C21H21N5O3S. The van der Waals surface area contributed by atoms with Crippen LogP contribution in [0.25, 0.3) is 21.8 Å². The summed E-state index contributed by atoms with van der Waals surface area (Å²) in [5.74, 6) is -0.656. The second-order valence-electron chi connectivity index (χ2n) is 7.19. The molecule has 0 atom stereocenters. The first-order valence-corrected chi connectivity index (χ1v) is 11.2. The molecule has 2 aromatic carbocycles. The van der Waals surface area contributed by atoms with E-state index in [1.54, 1.807) is 16.9 Å². The largest absolute Gasteiger partial charge is 0.365 e. The number of carbonyl (C=O) groups excluding carboxylic acids is 1. The quantitative estimate of drug-likeness (QED) is 0.509. The Balaban J connectivity index is 2.01. The van der Waals surface area contributed by atoms with E-state index in [1.807, 2.05) is 38.2 Å². The second kappa shape index (κ2) is 7.10. The van der Waals surface area contributed by atoms with E-state index in [-0.39, 0.29) is 10.5 Å². The number of pyridine rings is 1. The Morgan fingerprint density at radius 3 is 2.63 bits per heavy atom. The normalized spacial score (nSPS) is 11.8. The zero-order valence-electron chi connectivity index (χ0n) is 16.8. The highest BCUT2D eigenvalue weighted by atomic mass is 32.2. The van der Waals surface area contributed by atoms with Crippen LogP contribution in [0.2, 0.25) is 0 Å². The SMILES string of the molecule is CCc1cc(S(C)(=O)=O)c2ncc(C(N)=O)c(Nc3ccc4cnn(C)c4c3)c2c1. The van der Waals surface area contributed by atoms with Crippen molar-refractivity contribution in [3.8, 4) is 0 Å². The molecule has 2 heterocycles. The fourth-order valence-electron chi connectivity index (χ4n) is 3.50. The second-order valence-corrected chi connectivity index (χ2v) is 9.18. The van der Waals surface area contributed by atoms with E-state index in [9.17, 15) is 13.2 Å². The van der Waals surface area contributed by atoms with Gasteiger partial charge in [-0.1, -0.05) is 6.92 Å². The molecule has 0 aliphatic heterocycles. The molecule has 0 saturated heterocycles. The molecule has 2 aromatic heterocycles. The number of nitrogens with two attached hydrogens (primary N) is 1. The van der Waals surface area contributed by atoms with E-state index in [2.05, 4.69) is 15.4 Å². The fraction of sp³-hybridized carbons (Fsp3) is 0.190. The first-order valence-electron chi connectivity index (χ1n) is 9.33.